The van der Waals surface area contributed by atoms with E-state index in [1.165, 1.54) is 23.6 Å². The SMILES string of the molecule is CC(=O)NCCCSC1CCN(c2c(C)cc(C)cc2C)C1=O. The molecule has 1 aromatic rings. The summed E-state index contributed by atoms with van der Waals surface area (Å²) in [4.78, 5) is 25.5. The van der Waals surface area contributed by atoms with Crippen LogP contribution in [-0.2, 0) is 9.59 Å². The fraction of sp³-hybridized carbons (Fsp3) is 0.556. The Balaban J connectivity index is 1.93. The first-order valence-electron chi connectivity index (χ1n) is 8.15. The van der Waals surface area contributed by atoms with Crippen LogP contribution in [0, 0.1) is 20.8 Å². The Hall–Kier alpha value is -1.49. The summed E-state index contributed by atoms with van der Waals surface area (Å²) in [5.41, 5.74) is 4.67. The van der Waals surface area contributed by atoms with E-state index in [0.717, 1.165) is 30.8 Å². The number of nitrogens with one attached hydrogen (secondary N) is 1. The zero-order valence-electron chi connectivity index (χ0n) is 14.4. The first kappa shape index (κ1) is 17.9. The van der Waals surface area contributed by atoms with Crippen LogP contribution < -0.4 is 10.2 Å². The Labute approximate surface area is 143 Å². The minimum atomic E-state index is 0.00318. The predicted molar refractivity (Wildman–Crippen MR) is 97.2 cm³/mol. The van der Waals surface area contributed by atoms with Crippen LogP contribution in [-0.4, -0.2) is 35.9 Å². The van der Waals surface area contributed by atoms with Crippen molar-refractivity contribution in [2.24, 2.45) is 0 Å². The standard InChI is InChI=1S/C18H26N2O2S/c1-12-10-13(2)17(14(3)11-12)20-8-6-16(18(20)22)23-9-5-7-19-15(4)21/h10-11,16H,5-9H2,1-4H3,(H,19,21). The molecule has 1 unspecified atom stereocenters. The number of nitrogens with zero attached hydrogens (tertiary/aromatic N) is 1. The van der Waals surface area contributed by atoms with Crippen molar-refractivity contribution in [1.29, 1.82) is 0 Å². The molecule has 0 radical (unpaired) electrons. The van der Waals surface area contributed by atoms with Crippen LogP contribution in [0.3, 0.4) is 0 Å². The third-order valence-corrected chi connectivity index (χ3v) is 5.44. The van der Waals surface area contributed by atoms with Crippen LogP contribution in [0.5, 0.6) is 0 Å². The van der Waals surface area contributed by atoms with Crippen molar-refractivity contribution >= 4 is 29.3 Å². The Morgan fingerprint density at radius 3 is 2.57 bits per heavy atom. The molecule has 0 aromatic heterocycles. The molecule has 23 heavy (non-hydrogen) atoms. The molecule has 0 bridgehead atoms. The van der Waals surface area contributed by atoms with Gasteiger partial charge >= 0.3 is 0 Å². The van der Waals surface area contributed by atoms with Crippen molar-refractivity contribution in [2.75, 3.05) is 23.7 Å². The number of rotatable bonds is 6. The maximum atomic E-state index is 12.7. The summed E-state index contributed by atoms with van der Waals surface area (Å²) in [6.45, 7) is 9.25. The van der Waals surface area contributed by atoms with Crippen molar-refractivity contribution in [3.8, 4) is 0 Å². The lowest BCUT2D eigenvalue weighted by atomic mass is 10.0. The van der Waals surface area contributed by atoms with Crippen molar-refractivity contribution in [3.05, 3.63) is 28.8 Å². The molecule has 1 aliphatic rings. The van der Waals surface area contributed by atoms with Gasteiger partial charge in [-0.3, -0.25) is 9.59 Å². The van der Waals surface area contributed by atoms with E-state index in [4.69, 9.17) is 0 Å². The topological polar surface area (TPSA) is 49.4 Å². The molecule has 1 aliphatic heterocycles. The highest BCUT2D eigenvalue weighted by atomic mass is 32.2. The summed E-state index contributed by atoms with van der Waals surface area (Å²) in [5.74, 6) is 1.13. The van der Waals surface area contributed by atoms with Crippen LogP contribution in [0.2, 0.25) is 0 Å². The van der Waals surface area contributed by atoms with Gasteiger partial charge in [-0.15, -0.1) is 11.8 Å². The van der Waals surface area contributed by atoms with E-state index in [1.807, 2.05) is 4.90 Å². The number of amides is 2. The third-order valence-electron chi connectivity index (χ3n) is 4.08. The second-order valence-corrected chi connectivity index (χ2v) is 7.53. The van der Waals surface area contributed by atoms with E-state index < -0.39 is 0 Å². The van der Waals surface area contributed by atoms with Gasteiger partial charge < -0.3 is 10.2 Å². The number of hydrogen-bond acceptors (Lipinski definition) is 3. The van der Waals surface area contributed by atoms with Gasteiger partial charge in [0.2, 0.25) is 11.8 Å². The smallest absolute Gasteiger partial charge is 0.240 e. The van der Waals surface area contributed by atoms with Gasteiger partial charge in [0.05, 0.1) is 5.25 Å². The second kappa shape index (κ2) is 7.86. The monoisotopic (exact) mass is 334 g/mol. The molecule has 5 heteroatoms. The molecule has 1 atom stereocenters. The average molecular weight is 334 g/mol. The Kier molecular flexibility index (Phi) is 6.10. The summed E-state index contributed by atoms with van der Waals surface area (Å²) in [6, 6.07) is 4.28. The molecule has 2 amide bonds. The highest BCUT2D eigenvalue weighted by Gasteiger charge is 2.33. The molecule has 1 fully saturated rings. The van der Waals surface area contributed by atoms with E-state index in [-0.39, 0.29) is 17.1 Å². The Morgan fingerprint density at radius 1 is 1.30 bits per heavy atom. The number of anilines is 1. The molecule has 2 rings (SSSR count). The minimum Gasteiger partial charge on any atom is -0.356 e. The normalized spacial score (nSPS) is 17.7. The molecule has 0 aliphatic carbocycles. The molecule has 126 valence electrons. The van der Waals surface area contributed by atoms with Crippen molar-refractivity contribution in [3.63, 3.8) is 0 Å². The molecule has 0 saturated carbocycles. The predicted octanol–water partition coefficient (Wildman–Crippen LogP) is 2.98. The molecule has 4 nitrogen and oxygen atoms in total. The van der Waals surface area contributed by atoms with Crippen LogP contribution >= 0.6 is 11.8 Å². The number of thioether (sulfide) groups is 1. The van der Waals surface area contributed by atoms with E-state index >= 15 is 0 Å². The lowest BCUT2D eigenvalue weighted by Crippen LogP contribution is -2.29. The van der Waals surface area contributed by atoms with Gasteiger partial charge in [-0.05, 0) is 50.5 Å². The molecular weight excluding hydrogens is 308 g/mol. The van der Waals surface area contributed by atoms with Crippen LogP contribution in [0.25, 0.3) is 0 Å². The lowest BCUT2D eigenvalue weighted by molar-refractivity contribution is -0.119. The van der Waals surface area contributed by atoms with E-state index in [9.17, 15) is 9.59 Å². The minimum absolute atomic E-state index is 0.00318. The highest BCUT2D eigenvalue weighted by molar-refractivity contribution is 8.00. The fourth-order valence-electron chi connectivity index (χ4n) is 3.19. The van der Waals surface area contributed by atoms with Crippen LogP contribution in [0.1, 0.15) is 36.5 Å². The zero-order valence-corrected chi connectivity index (χ0v) is 15.3. The first-order chi connectivity index (χ1) is 10.9. The van der Waals surface area contributed by atoms with Crippen LogP contribution in [0.15, 0.2) is 12.1 Å². The summed E-state index contributed by atoms with van der Waals surface area (Å²) in [5, 5.41) is 2.84. The van der Waals surface area contributed by atoms with Gasteiger partial charge in [-0.25, -0.2) is 0 Å². The number of benzene rings is 1. The fourth-order valence-corrected chi connectivity index (χ4v) is 4.33. The maximum Gasteiger partial charge on any atom is 0.240 e. The van der Waals surface area contributed by atoms with Crippen molar-refractivity contribution in [2.45, 2.75) is 45.8 Å². The summed E-state index contributed by atoms with van der Waals surface area (Å²) < 4.78 is 0. The second-order valence-electron chi connectivity index (χ2n) is 6.22. The molecular formula is C18H26N2O2S. The summed E-state index contributed by atoms with van der Waals surface area (Å²) in [6.07, 6.45) is 1.80. The highest BCUT2D eigenvalue weighted by Crippen LogP contribution is 2.33. The third kappa shape index (κ3) is 4.50. The first-order valence-corrected chi connectivity index (χ1v) is 9.20. The molecule has 1 aromatic carbocycles. The summed E-state index contributed by atoms with van der Waals surface area (Å²) >= 11 is 1.71. The quantitative estimate of drug-likeness (QED) is 0.814. The van der Waals surface area contributed by atoms with E-state index in [2.05, 4.69) is 38.2 Å². The van der Waals surface area contributed by atoms with Gasteiger partial charge in [0, 0.05) is 25.7 Å². The van der Waals surface area contributed by atoms with Crippen molar-refractivity contribution in [1.82, 2.24) is 5.32 Å². The molecule has 1 saturated heterocycles. The van der Waals surface area contributed by atoms with E-state index in [1.54, 1.807) is 11.8 Å². The van der Waals surface area contributed by atoms with Gasteiger partial charge in [-0.1, -0.05) is 17.7 Å². The number of hydrogen-bond donors (Lipinski definition) is 1. The summed E-state index contributed by atoms with van der Waals surface area (Å²) in [7, 11) is 0. The largest absolute Gasteiger partial charge is 0.356 e. The van der Waals surface area contributed by atoms with Gasteiger partial charge in [0.25, 0.3) is 0 Å². The molecule has 0 spiro atoms. The Bertz CT molecular complexity index is 578. The van der Waals surface area contributed by atoms with Gasteiger partial charge in [-0.2, -0.15) is 0 Å². The van der Waals surface area contributed by atoms with E-state index in [0.29, 0.717) is 6.54 Å². The lowest BCUT2D eigenvalue weighted by Gasteiger charge is -2.22. The van der Waals surface area contributed by atoms with Gasteiger partial charge in [0.1, 0.15) is 0 Å². The zero-order chi connectivity index (χ0) is 17.0. The van der Waals surface area contributed by atoms with Crippen molar-refractivity contribution < 1.29 is 9.59 Å². The molecule has 1 N–H and O–H groups in total. The number of carbonyl (C=O) groups excluding carboxylic acids is 2. The van der Waals surface area contributed by atoms with Crippen LogP contribution in [0.4, 0.5) is 5.69 Å². The van der Waals surface area contributed by atoms with Gasteiger partial charge in [0.15, 0.2) is 0 Å². The Morgan fingerprint density at radius 2 is 1.96 bits per heavy atom. The maximum absolute atomic E-state index is 12.7. The number of aryl methyl sites for hydroxylation is 3. The number of carbonyl (C=O) groups is 2. The molecule has 1 heterocycles. The average Bonchev–Trinajstić information content (AvgIpc) is 2.79.